The quantitative estimate of drug-likeness (QED) is 0.488. The molecule has 0 saturated heterocycles. The minimum absolute atomic E-state index is 0.0339. The van der Waals surface area contributed by atoms with Crippen molar-refractivity contribution in [2.45, 2.75) is 12.8 Å². The Morgan fingerprint density at radius 1 is 0.871 bits per heavy atom. The molecule has 31 heavy (non-hydrogen) atoms. The van der Waals surface area contributed by atoms with E-state index in [4.69, 9.17) is 0 Å². The number of hydrazine groups is 1. The van der Waals surface area contributed by atoms with Crippen molar-refractivity contribution in [2.24, 2.45) is 0 Å². The summed E-state index contributed by atoms with van der Waals surface area (Å²) in [6.07, 6.45) is 4.03. The second kappa shape index (κ2) is 9.00. The van der Waals surface area contributed by atoms with Gasteiger partial charge >= 0.3 is 0 Å². The minimum atomic E-state index is -0.615. The molecular formula is C23H19N5O3. The zero-order valence-corrected chi connectivity index (χ0v) is 16.5. The Balaban J connectivity index is 1.55. The SMILES string of the molecule is O=C(CCc1cccnc1)NNC(=O)c1nn(-c2ccccc2)c(=O)c2ccccc12. The first-order valence-electron chi connectivity index (χ1n) is 9.69. The van der Waals surface area contributed by atoms with Crippen molar-refractivity contribution in [1.29, 1.82) is 0 Å². The Bertz CT molecular complexity index is 1290. The lowest BCUT2D eigenvalue weighted by molar-refractivity contribution is -0.121. The molecule has 0 unspecified atom stereocenters. The fourth-order valence-corrected chi connectivity index (χ4v) is 3.15. The van der Waals surface area contributed by atoms with E-state index in [-0.39, 0.29) is 23.6 Å². The van der Waals surface area contributed by atoms with Crippen LogP contribution in [0, 0.1) is 0 Å². The number of rotatable bonds is 5. The number of nitrogens with one attached hydrogen (secondary N) is 2. The number of nitrogens with zero attached hydrogens (tertiary/aromatic N) is 3. The first kappa shape index (κ1) is 20.0. The minimum Gasteiger partial charge on any atom is -0.273 e. The van der Waals surface area contributed by atoms with Crippen LogP contribution in [0.4, 0.5) is 0 Å². The molecule has 2 N–H and O–H groups in total. The molecule has 8 heteroatoms. The number of para-hydroxylation sites is 1. The molecule has 2 aromatic carbocycles. The fraction of sp³-hybridized carbons (Fsp3) is 0.0870. The first-order valence-corrected chi connectivity index (χ1v) is 9.69. The van der Waals surface area contributed by atoms with Crippen LogP contribution < -0.4 is 16.4 Å². The average molecular weight is 413 g/mol. The highest BCUT2D eigenvalue weighted by molar-refractivity contribution is 6.05. The van der Waals surface area contributed by atoms with Gasteiger partial charge in [-0.25, -0.2) is 0 Å². The predicted molar refractivity (Wildman–Crippen MR) is 116 cm³/mol. The van der Waals surface area contributed by atoms with Gasteiger partial charge in [0.05, 0.1) is 11.1 Å². The van der Waals surface area contributed by atoms with Crippen molar-refractivity contribution < 1.29 is 9.59 Å². The van der Waals surface area contributed by atoms with Crippen molar-refractivity contribution in [3.05, 3.63) is 101 Å². The lowest BCUT2D eigenvalue weighted by Gasteiger charge is -2.12. The molecule has 0 aliphatic carbocycles. The summed E-state index contributed by atoms with van der Waals surface area (Å²) < 4.78 is 1.18. The monoisotopic (exact) mass is 413 g/mol. The lowest BCUT2D eigenvalue weighted by Crippen LogP contribution is -2.42. The number of carbonyl (C=O) groups excluding carboxylic acids is 2. The Morgan fingerprint density at radius 2 is 1.61 bits per heavy atom. The third-order valence-corrected chi connectivity index (χ3v) is 4.70. The van der Waals surface area contributed by atoms with Crippen LogP contribution in [-0.2, 0) is 11.2 Å². The van der Waals surface area contributed by atoms with E-state index in [1.54, 1.807) is 67.0 Å². The van der Waals surface area contributed by atoms with Crippen LogP contribution >= 0.6 is 0 Å². The largest absolute Gasteiger partial charge is 0.290 e. The van der Waals surface area contributed by atoms with Crippen LogP contribution in [-0.4, -0.2) is 26.6 Å². The van der Waals surface area contributed by atoms with Crippen molar-refractivity contribution in [3.63, 3.8) is 0 Å². The zero-order chi connectivity index (χ0) is 21.6. The molecule has 2 amide bonds. The number of aryl methyl sites for hydroxylation is 1. The molecule has 0 aliphatic rings. The third kappa shape index (κ3) is 4.48. The van der Waals surface area contributed by atoms with Gasteiger partial charge in [-0.1, -0.05) is 42.5 Å². The Labute approximate surface area is 177 Å². The lowest BCUT2D eigenvalue weighted by atomic mass is 10.1. The van der Waals surface area contributed by atoms with Gasteiger partial charge in [0, 0.05) is 24.2 Å². The summed E-state index contributed by atoms with van der Waals surface area (Å²) in [7, 11) is 0. The molecule has 4 rings (SSSR count). The molecule has 8 nitrogen and oxygen atoms in total. The molecule has 0 aliphatic heterocycles. The first-order chi connectivity index (χ1) is 15.1. The number of hydrogen-bond acceptors (Lipinski definition) is 5. The van der Waals surface area contributed by atoms with Crippen molar-refractivity contribution >= 4 is 22.6 Å². The topological polar surface area (TPSA) is 106 Å². The van der Waals surface area contributed by atoms with Gasteiger partial charge < -0.3 is 0 Å². The van der Waals surface area contributed by atoms with E-state index in [0.717, 1.165) is 5.56 Å². The molecular weight excluding hydrogens is 394 g/mol. The molecule has 4 aromatic rings. The van der Waals surface area contributed by atoms with E-state index in [9.17, 15) is 14.4 Å². The maximum absolute atomic E-state index is 12.9. The van der Waals surface area contributed by atoms with E-state index in [2.05, 4.69) is 20.9 Å². The van der Waals surface area contributed by atoms with Crippen molar-refractivity contribution in [1.82, 2.24) is 25.6 Å². The van der Waals surface area contributed by atoms with Crippen LogP contribution in [0.3, 0.4) is 0 Å². The van der Waals surface area contributed by atoms with Gasteiger partial charge in [0.15, 0.2) is 5.69 Å². The number of fused-ring (bicyclic) bond motifs is 1. The predicted octanol–water partition coefficient (Wildman–Crippen LogP) is 2.17. The summed E-state index contributed by atoms with van der Waals surface area (Å²) in [4.78, 5) is 41.8. The van der Waals surface area contributed by atoms with Gasteiger partial charge in [-0.2, -0.15) is 9.78 Å². The number of aromatic nitrogens is 3. The van der Waals surface area contributed by atoms with Gasteiger partial charge in [0.1, 0.15) is 0 Å². The molecule has 0 bridgehead atoms. The summed E-state index contributed by atoms with van der Waals surface area (Å²) in [6, 6.07) is 19.2. The van der Waals surface area contributed by atoms with E-state index in [1.165, 1.54) is 4.68 Å². The molecule has 0 atom stereocenters. The molecule has 2 aromatic heterocycles. The maximum Gasteiger partial charge on any atom is 0.290 e. The Hall–Kier alpha value is -4.33. The molecule has 0 spiro atoms. The number of amides is 2. The summed E-state index contributed by atoms with van der Waals surface area (Å²) in [5, 5.41) is 5.04. The van der Waals surface area contributed by atoms with E-state index >= 15 is 0 Å². The zero-order valence-electron chi connectivity index (χ0n) is 16.5. The molecule has 2 heterocycles. The highest BCUT2D eigenvalue weighted by Crippen LogP contribution is 2.15. The van der Waals surface area contributed by atoms with Crippen LogP contribution in [0.2, 0.25) is 0 Å². The van der Waals surface area contributed by atoms with Gasteiger partial charge in [0.25, 0.3) is 11.5 Å². The van der Waals surface area contributed by atoms with Crippen molar-refractivity contribution in [2.75, 3.05) is 0 Å². The van der Waals surface area contributed by atoms with Gasteiger partial charge in [-0.05, 0) is 36.2 Å². The standard InChI is InChI=1S/C23H19N5O3/c29-20(13-12-16-7-6-14-24-15-16)25-26-22(30)21-18-10-4-5-11-19(18)23(31)28(27-21)17-8-2-1-3-9-17/h1-11,14-15H,12-13H2,(H,25,29)(H,26,30). The van der Waals surface area contributed by atoms with Gasteiger partial charge in [0.2, 0.25) is 5.91 Å². The van der Waals surface area contributed by atoms with Gasteiger partial charge in [-0.3, -0.25) is 30.2 Å². The smallest absolute Gasteiger partial charge is 0.273 e. The number of hydrogen-bond donors (Lipinski definition) is 2. The summed E-state index contributed by atoms with van der Waals surface area (Å²) >= 11 is 0. The van der Waals surface area contributed by atoms with Crippen LogP contribution in [0.15, 0.2) is 83.9 Å². The van der Waals surface area contributed by atoms with Crippen LogP contribution in [0.25, 0.3) is 16.5 Å². The van der Waals surface area contributed by atoms with Gasteiger partial charge in [-0.15, -0.1) is 0 Å². The Morgan fingerprint density at radius 3 is 2.35 bits per heavy atom. The normalized spacial score (nSPS) is 10.6. The molecule has 0 radical (unpaired) electrons. The summed E-state index contributed by atoms with van der Waals surface area (Å²) in [5.41, 5.74) is 5.95. The van der Waals surface area contributed by atoms with E-state index < -0.39 is 5.91 Å². The second-order valence-corrected chi connectivity index (χ2v) is 6.81. The average Bonchev–Trinajstić information content (AvgIpc) is 2.83. The van der Waals surface area contributed by atoms with Crippen LogP contribution in [0.1, 0.15) is 22.5 Å². The number of pyridine rings is 1. The summed E-state index contributed by atoms with van der Waals surface area (Å²) in [6.45, 7) is 0. The van der Waals surface area contributed by atoms with Crippen molar-refractivity contribution in [3.8, 4) is 5.69 Å². The molecule has 0 fully saturated rings. The fourth-order valence-electron chi connectivity index (χ4n) is 3.15. The second-order valence-electron chi connectivity index (χ2n) is 6.81. The molecule has 0 saturated carbocycles. The van der Waals surface area contributed by atoms with E-state index in [0.29, 0.717) is 22.9 Å². The highest BCUT2D eigenvalue weighted by Gasteiger charge is 2.18. The highest BCUT2D eigenvalue weighted by atomic mass is 16.2. The maximum atomic E-state index is 12.9. The third-order valence-electron chi connectivity index (χ3n) is 4.70. The van der Waals surface area contributed by atoms with Crippen LogP contribution in [0.5, 0.6) is 0 Å². The Kier molecular flexibility index (Phi) is 5.79. The van der Waals surface area contributed by atoms with E-state index in [1.807, 2.05) is 12.1 Å². The number of carbonyl (C=O) groups is 2. The number of benzene rings is 2. The molecule has 154 valence electrons. The summed E-state index contributed by atoms with van der Waals surface area (Å²) in [5.74, 6) is -0.964.